The van der Waals surface area contributed by atoms with Crippen molar-refractivity contribution in [1.29, 1.82) is 0 Å². The Labute approximate surface area is 181 Å². The molecule has 4 atom stereocenters. The Balaban J connectivity index is 1.57. The first kappa shape index (κ1) is 22.8. The normalized spacial score (nSPS) is 30.3. The summed E-state index contributed by atoms with van der Waals surface area (Å²) in [5.41, 5.74) is 1.35. The van der Waals surface area contributed by atoms with E-state index in [0.717, 1.165) is 38.5 Å². The van der Waals surface area contributed by atoms with Gasteiger partial charge in [0.05, 0.1) is 11.1 Å². The molecular weight excluding hydrogens is 376 g/mol. The molecule has 4 heteroatoms. The molecule has 0 radical (unpaired) electrons. The molecule has 4 nitrogen and oxygen atoms in total. The van der Waals surface area contributed by atoms with E-state index >= 15 is 0 Å². The van der Waals surface area contributed by atoms with Crippen LogP contribution in [0.1, 0.15) is 101 Å². The number of hydrogen-bond acceptors (Lipinski definition) is 4. The number of benzene rings is 1. The summed E-state index contributed by atoms with van der Waals surface area (Å²) < 4.78 is 11.6. The maximum absolute atomic E-state index is 12.6. The summed E-state index contributed by atoms with van der Waals surface area (Å²) in [4.78, 5) is 25.2. The molecule has 0 amide bonds. The maximum Gasteiger partial charge on any atom is 0.338 e. The number of esters is 2. The smallest absolute Gasteiger partial charge is 0.338 e. The Hall–Kier alpha value is -1.84. The molecule has 1 aromatic rings. The monoisotopic (exact) mass is 414 g/mol. The van der Waals surface area contributed by atoms with Crippen LogP contribution >= 0.6 is 0 Å². The topological polar surface area (TPSA) is 52.6 Å². The van der Waals surface area contributed by atoms with Crippen LogP contribution in [0.15, 0.2) is 24.3 Å². The van der Waals surface area contributed by atoms with Crippen molar-refractivity contribution in [3.63, 3.8) is 0 Å². The predicted octanol–water partition coefficient (Wildman–Crippen LogP) is 6.43. The van der Waals surface area contributed by atoms with Gasteiger partial charge in [-0.05, 0) is 85.5 Å². The lowest BCUT2D eigenvalue weighted by molar-refractivity contribution is -0.00862. The Kier molecular flexibility index (Phi) is 6.64. The van der Waals surface area contributed by atoms with E-state index in [4.69, 9.17) is 9.47 Å². The van der Waals surface area contributed by atoms with Gasteiger partial charge in [0.25, 0.3) is 0 Å². The quantitative estimate of drug-likeness (QED) is 0.533. The fourth-order valence-corrected chi connectivity index (χ4v) is 5.88. The van der Waals surface area contributed by atoms with E-state index in [1.165, 1.54) is 0 Å². The molecule has 0 bridgehead atoms. The molecular formula is C26H38O4. The third-order valence-electron chi connectivity index (χ3n) is 6.60. The summed E-state index contributed by atoms with van der Waals surface area (Å²) in [6.45, 7) is 13.4. The summed E-state index contributed by atoms with van der Waals surface area (Å²) in [6, 6.07) is 6.68. The molecule has 1 aromatic carbocycles. The zero-order valence-corrected chi connectivity index (χ0v) is 19.5. The van der Waals surface area contributed by atoms with Gasteiger partial charge in [-0.3, -0.25) is 0 Å². The average molecular weight is 415 g/mol. The lowest BCUT2D eigenvalue weighted by Crippen LogP contribution is -2.34. The Morgan fingerprint density at radius 3 is 1.33 bits per heavy atom. The van der Waals surface area contributed by atoms with Crippen LogP contribution in [0.2, 0.25) is 0 Å². The van der Waals surface area contributed by atoms with Gasteiger partial charge in [-0.15, -0.1) is 0 Å². The van der Waals surface area contributed by atoms with E-state index in [1.807, 2.05) is 0 Å². The molecule has 0 spiro atoms. The molecule has 3 rings (SSSR count). The van der Waals surface area contributed by atoms with Gasteiger partial charge in [0, 0.05) is 0 Å². The number of hydrogen-bond donors (Lipinski definition) is 0. The van der Waals surface area contributed by atoms with Gasteiger partial charge >= 0.3 is 11.9 Å². The fourth-order valence-electron chi connectivity index (χ4n) is 5.88. The number of ether oxygens (including phenoxy) is 2. The van der Waals surface area contributed by atoms with Gasteiger partial charge in [0.1, 0.15) is 12.2 Å². The molecule has 2 fully saturated rings. The highest BCUT2D eigenvalue weighted by atomic mass is 16.5. The van der Waals surface area contributed by atoms with E-state index in [1.54, 1.807) is 24.3 Å². The van der Waals surface area contributed by atoms with Crippen molar-refractivity contribution < 1.29 is 19.1 Å². The van der Waals surface area contributed by atoms with Crippen molar-refractivity contribution in [2.45, 2.75) is 92.3 Å². The van der Waals surface area contributed by atoms with Crippen LogP contribution in [0.25, 0.3) is 0 Å². The first-order valence-electron chi connectivity index (χ1n) is 11.4. The zero-order chi connectivity index (χ0) is 22.1. The van der Waals surface area contributed by atoms with Crippen molar-refractivity contribution in [3.8, 4) is 0 Å². The second-order valence-electron chi connectivity index (χ2n) is 11.5. The summed E-state index contributed by atoms with van der Waals surface area (Å²) in [5, 5.41) is 0. The van der Waals surface area contributed by atoms with Crippen LogP contribution < -0.4 is 0 Å². The maximum atomic E-state index is 12.6. The van der Waals surface area contributed by atoms with Crippen LogP contribution in [-0.2, 0) is 9.47 Å². The molecule has 0 heterocycles. The molecule has 0 aliphatic heterocycles. The van der Waals surface area contributed by atoms with Crippen molar-refractivity contribution in [2.75, 3.05) is 0 Å². The standard InChI is InChI=1S/C26H38O4/c1-17-11-21(15-25(3,4)13-17)29-23(27)19-7-9-20(10-8-19)24(28)30-22-12-18(2)14-26(5,6)16-22/h7-10,17-18,21-22H,11-16H2,1-6H3/t17-,18?,21-,22?/m1/s1. The highest BCUT2D eigenvalue weighted by Gasteiger charge is 2.35. The van der Waals surface area contributed by atoms with Gasteiger partial charge in [-0.2, -0.15) is 0 Å². The van der Waals surface area contributed by atoms with Crippen LogP contribution in [0.5, 0.6) is 0 Å². The minimum absolute atomic E-state index is 0.0439. The minimum Gasteiger partial charge on any atom is -0.459 e. The fraction of sp³-hybridized carbons (Fsp3) is 0.692. The van der Waals surface area contributed by atoms with E-state index in [0.29, 0.717) is 23.0 Å². The van der Waals surface area contributed by atoms with E-state index in [-0.39, 0.29) is 35.0 Å². The molecule has 0 N–H and O–H groups in total. The molecule has 2 unspecified atom stereocenters. The van der Waals surface area contributed by atoms with Gasteiger partial charge < -0.3 is 9.47 Å². The first-order chi connectivity index (χ1) is 13.9. The van der Waals surface area contributed by atoms with Gasteiger partial charge in [-0.1, -0.05) is 41.5 Å². The average Bonchev–Trinajstić information content (AvgIpc) is 2.58. The van der Waals surface area contributed by atoms with Gasteiger partial charge in [0.15, 0.2) is 0 Å². The Bertz CT molecular complexity index is 697. The zero-order valence-electron chi connectivity index (χ0n) is 19.5. The van der Waals surface area contributed by atoms with Crippen LogP contribution in [0.3, 0.4) is 0 Å². The van der Waals surface area contributed by atoms with Crippen molar-refractivity contribution in [3.05, 3.63) is 35.4 Å². The third-order valence-corrected chi connectivity index (χ3v) is 6.60. The van der Waals surface area contributed by atoms with Gasteiger partial charge in [0.2, 0.25) is 0 Å². The molecule has 2 aliphatic carbocycles. The summed E-state index contributed by atoms with van der Waals surface area (Å²) in [6.07, 6.45) is 5.85. The second kappa shape index (κ2) is 8.72. The van der Waals surface area contributed by atoms with E-state index < -0.39 is 0 Å². The molecule has 166 valence electrons. The number of carbonyl (C=O) groups is 2. The van der Waals surface area contributed by atoms with Crippen LogP contribution in [0, 0.1) is 22.7 Å². The SMILES string of the molecule is CC1CC(OC(=O)c2ccc(C(=O)O[C@@H]3C[C@@H](C)CC(C)(C)C3)cc2)CC(C)(C)C1. The molecule has 0 saturated heterocycles. The lowest BCUT2D eigenvalue weighted by atomic mass is 9.71. The highest BCUT2D eigenvalue weighted by Crippen LogP contribution is 2.41. The molecule has 2 aliphatic rings. The van der Waals surface area contributed by atoms with Crippen LogP contribution in [0.4, 0.5) is 0 Å². The lowest BCUT2D eigenvalue weighted by Gasteiger charge is -2.38. The van der Waals surface area contributed by atoms with Crippen molar-refractivity contribution in [1.82, 2.24) is 0 Å². The predicted molar refractivity (Wildman–Crippen MR) is 118 cm³/mol. The summed E-state index contributed by atoms with van der Waals surface area (Å²) in [5.74, 6) is 0.479. The van der Waals surface area contributed by atoms with Crippen molar-refractivity contribution in [2.24, 2.45) is 22.7 Å². The molecule has 2 saturated carbocycles. The molecule has 0 aromatic heterocycles. The van der Waals surface area contributed by atoms with E-state index in [2.05, 4.69) is 41.5 Å². The Morgan fingerprint density at radius 2 is 1.03 bits per heavy atom. The van der Waals surface area contributed by atoms with E-state index in [9.17, 15) is 9.59 Å². The van der Waals surface area contributed by atoms with Crippen LogP contribution in [-0.4, -0.2) is 24.1 Å². The first-order valence-corrected chi connectivity index (χ1v) is 11.4. The third kappa shape index (κ3) is 6.09. The van der Waals surface area contributed by atoms with Gasteiger partial charge in [-0.25, -0.2) is 9.59 Å². The highest BCUT2D eigenvalue weighted by molar-refractivity contribution is 5.93. The number of rotatable bonds is 4. The summed E-state index contributed by atoms with van der Waals surface area (Å²) in [7, 11) is 0. The minimum atomic E-state index is -0.312. The largest absolute Gasteiger partial charge is 0.459 e. The summed E-state index contributed by atoms with van der Waals surface area (Å²) >= 11 is 0. The second-order valence-corrected chi connectivity index (χ2v) is 11.5. The van der Waals surface area contributed by atoms with Crippen molar-refractivity contribution >= 4 is 11.9 Å². The molecule has 30 heavy (non-hydrogen) atoms. The Morgan fingerprint density at radius 1 is 0.700 bits per heavy atom. The number of carbonyl (C=O) groups excluding carboxylic acids is 2.